The van der Waals surface area contributed by atoms with Gasteiger partial charge in [0.2, 0.25) is 0 Å². The van der Waals surface area contributed by atoms with Crippen LogP contribution in [0.15, 0.2) is 12.7 Å². The minimum absolute atomic E-state index is 0.197. The highest BCUT2D eigenvalue weighted by Gasteiger charge is 2.31. The molecule has 0 bridgehead atoms. The fourth-order valence-electron chi connectivity index (χ4n) is 0.409. The Bertz CT molecular complexity index is 255. The summed E-state index contributed by atoms with van der Waals surface area (Å²) in [7, 11) is -9.65. The van der Waals surface area contributed by atoms with Crippen molar-refractivity contribution in [3.8, 4) is 0 Å². The van der Waals surface area contributed by atoms with Crippen LogP contribution in [0.4, 0.5) is 0 Å². The SMILES string of the molecule is C=CCCOP(=O)(O)OP(=O)(O)O. The summed E-state index contributed by atoms with van der Waals surface area (Å²) in [5.74, 6) is 0. The highest BCUT2D eigenvalue weighted by Crippen LogP contribution is 2.57. The molecule has 0 heterocycles. The molecule has 0 fully saturated rings. The maximum absolute atomic E-state index is 10.7. The number of hydrogen-bond acceptors (Lipinski definition) is 4. The van der Waals surface area contributed by atoms with Crippen LogP contribution < -0.4 is 0 Å². The second-order valence-corrected chi connectivity index (χ2v) is 4.78. The van der Waals surface area contributed by atoms with Crippen molar-refractivity contribution in [2.24, 2.45) is 0 Å². The summed E-state index contributed by atoms with van der Waals surface area (Å²) < 4.78 is 28.5. The Labute approximate surface area is 74.9 Å². The van der Waals surface area contributed by atoms with Crippen LogP contribution in [0.5, 0.6) is 0 Å². The third-order valence-corrected chi connectivity index (χ3v) is 2.97. The van der Waals surface area contributed by atoms with Crippen LogP contribution in [-0.4, -0.2) is 21.3 Å². The van der Waals surface area contributed by atoms with Gasteiger partial charge in [0.25, 0.3) is 0 Å². The normalized spacial score (nSPS) is 16.5. The van der Waals surface area contributed by atoms with Crippen molar-refractivity contribution in [3.05, 3.63) is 12.7 Å². The molecule has 78 valence electrons. The molecule has 9 heteroatoms. The summed E-state index contributed by atoms with van der Waals surface area (Å²) in [6.07, 6.45) is 1.69. The Morgan fingerprint density at radius 2 is 1.85 bits per heavy atom. The molecular formula is C4H10O7P2. The lowest BCUT2D eigenvalue weighted by atomic mass is 10.5. The van der Waals surface area contributed by atoms with E-state index in [0.717, 1.165) is 0 Å². The predicted molar refractivity (Wildman–Crippen MR) is 43.7 cm³/mol. The highest BCUT2D eigenvalue weighted by molar-refractivity contribution is 7.60. The Morgan fingerprint density at radius 1 is 1.31 bits per heavy atom. The van der Waals surface area contributed by atoms with Gasteiger partial charge < -0.3 is 14.7 Å². The molecule has 0 aromatic carbocycles. The Hall–Kier alpha value is -0.0000000000000000416. The zero-order valence-corrected chi connectivity index (χ0v) is 8.36. The monoisotopic (exact) mass is 232 g/mol. The second-order valence-electron chi connectivity index (χ2n) is 1.95. The van der Waals surface area contributed by atoms with Gasteiger partial charge in [-0.25, -0.2) is 9.13 Å². The number of hydrogen-bond donors (Lipinski definition) is 3. The van der Waals surface area contributed by atoms with Crippen molar-refractivity contribution >= 4 is 15.6 Å². The van der Waals surface area contributed by atoms with Gasteiger partial charge >= 0.3 is 15.6 Å². The summed E-state index contributed by atoms with van der Waals surface area (Å²) in [6, 6.07) is 0. The van der Waals surface area contributed by atoms with Crippen LogP contribution in [0.1, 0.15) is 6.42 Å². The molecule has 0 aromatic rings. The molecule has 1 atom stereocenters. The Kier molecular flexibility index (Phi) is 5.02. The topological polar surface area (TPSA) is 113 Å². The molecule has 0 spiro atoms. The van der Waals surface area contributed by atoms with E-state index in [1.54, 1.807) is 0 Å². The molecule has 0 aliphatic rings. The van der Waals surface area contributed by atoms with Crippen molar-refractivity contribution in [3.63, 3.8) is 0 Å². The van der Waals surface area contributed by atoms with Gasteiger partial charge in [0.05, 0.1) is 6.61 Å². The third kappa shape index (κ3) is 8.33. The van der Waals surface area contributed by atoms with E-state index in [4.69, 9.17) is 14.7 Å². The largest absolute Gasteiger partial charge is 0.481 e. The molecular weight excluding hydrogens is 222 g/mol. The van der Waals surface area contributed by atoms with Crippen LogP contribution in [0, 0.1) is 0 Å². The van der Waals surface area contributed by atoms with E-state index in [1.165, 1.54) is 6.08 Å². The summed E-state index contributed by atoms with van der Waals surface area (Å²) in [5, 5.41) is 0. The summed E-state index contributed by atoms with van der Waals surface area (Å²) in [4.78, 5) is 25.0. The zero-order chi connectivity index (χ0) is 10.5. The molecule has 0 saturated carbocycles. The fourth-order valence-corrected chi connectivity index (χ4v) is 2.01. The van der Waals surface area contributed by atoms with E-state index in [-0.39, 0.29) is 13.0 Å². The molecule has 0 aromatic heterocycles. The summed E-state index contributed by atoms with van der Waals surface area (Å²) in [5.41, 5.74) is 0. The number of rotatable bonds is 6. The highest BCUT2D eigenvalue weighted by atomic mass is 31.3. The van der Waals surface area contributed by atoms with Crippen LogP contribution >= 0.6 is 15.6 Å². The first-order valence-corrected chi connectivity index (χ1v) is 6.14. The third-order valence-electron chi connectivity index (χ3n) is 0.786. The van der Waals surface area contributed by atoms with Gasteiger partial charge in [-0.05, 0) is 6.42 Å². The average Bonchev–Trinajstić information content (AvgIpc) is 1.81. The first kappa shape index (κ1) is 13.0. The standard InChI is InChI=1S/C4H10O7P2/c1-2-3-4-10-13(8,9)11-12(5,6)7/h2H,1,3-4H2,(H,8,9)(H2,5,6,7). The van der Waals surface area contributed by atoms with E-state index in [1.807, 2.05) is 0 Å². The lowest BCUT2D eigenvalue weighted by molar-refractivity contribution is 0.181. The summed E-state index contributed by atoms with van der Waals surface area (Å²) >= 11 is 0. The van der Waals surface area contributed by atoms with Crippen molar-refractivity contribution in [2.45, 2.75) is 6.42 Å². The molecule has 0 rings (SSSR count). The van der Waals surface area contributed by atoms with Gasteiger partial charge in [-0.15, -0.1) is 6.58 Å². The molecule has 1 unspecified atom stereocenters. The first-order valence-electron chi connectivity index (χ1n) is 3.12. The molecule has 0 saturated heterocycles. The molecule has 0 amide bonds. The van der Waals surface area contributed by atoms with E-state index in [0.29, 0.717) is 0 Å². The lowest BCUT2D eigenvalue weighted by Gasteiger charge is -2.11. The minimum Gasteiger partial charge on any atom is -0.302 e. The van der Waals surface area contributed by atoms with E-state index in [2.05, 4.69) is 15.4 Å². The van der Waals surface area contributed by atoms with Crippen LogP contribution in [0.2, 0.25) is 0 Å². The number of phosphoric acid groups is 2. The Balaban J connectivity index is 4.02. The van der Waals surface area contributed by atoms with Crippen molar-refractivity contribution < 1.29 is 32.6 Å². The second kappa shape index (κ2) is 5.02. The van der Waals surface area contributed by atoms with Gasteiger partial charge in [-0.3, -0.25) is 4.52 Å². The van der Waals surface area contributed by atoms with E-state index < -0.39 is 15.6 Å². The van der Waals surface area contributed by atoms with Gasteiger partial charge in [0.15, 0.2) is 0 Å². The number of phosphoric ester groups is 1. The first-order chi connectivity index (χ1) is 5.77. The maximum atomic E-state index is 10.7. The Morgan fingerprint density at radius 3 is 2.23 bits per heavy atom. The van der Waals surface area contributed by atoms with Crippen molar-refractivity contribution in [1.82, 2.24) is 0 Å². The molecule has 0 aliphatic carbocycles. The van der Waals surface area contributed by atoms with Crippen molar-refractivity contribution in [2.75, 3.05) is 6.61 Å². The van der Waals surface area contributed by atoms with E-state index in [9.17, 15) is 9.13 Å². The molecule has 13 heavy (non-hydrogen) atoms. The lowest BCUT2D eigenvalue weighted by Crippen LogP contribution is -1.94. The quantitative estimate of drug-likeness (QED) is 0.352. The molecule has 0 radical (unpaired) electrons. The van der Waals surface area contributed by atoms with E-state index >= 15 is 0 Å². The van der Waals surface area contributed by atoms with Gasteiger partial charge in [-0.1, -0.05) is 6.08 Å². The maximum Gasteiger partial charge on any atom is 0.481 e. The van der Waals surface area contributed by atoms with Crippen LogP contribution in [0.25, 0.3) is 0 Å². The van der Waals surface area contributed by atoms with Crippen LogP contribution in [-0.2, 0) is 18.0 Å². The summed E-state index contributed by atoms with van der Waals surface area (Å²) in [6.45, 7) is 3.11. The average molecular weight is 232 g/mol. The predicted octanol–water partition coefficient (Wildman–Crippen LogP) is 0.789. The molecule has 7 nitrogen and oxygen atoms in total. The van der Waals surface area contributed by atoms with Gasteiger partial charge in [0.1, 0.15) is 0 Å². The van der Waals surface area contributed by atoms with Crippen LogP contribution in [0.3, 0.4) is 0 Å². The smallest absolute Gasteiger partial charge is 0.302 e. The van der Waals surface area contributed by atoms with Gasteiger partial charge in [0, 0.05) is 0 Å². The van der Waals surface area contributed by atoms with Crippen molar-refractivity contribution in [1.29, 1.82) is 0 Å². The zero-order valence-electron chi connectivity index (χ0n) is 6.57. The fraction of sp³-hybridized carbons (Fsp3) is 0.500. The molecule has 0 aliphatic heterocycles. The molecule has 3 N–H and O–H groups in total. The van der Waals surface area contributed by atoms with Gasteiger partial charge in [-0.2, -0.15) is 4.31 Å². The minimum atomic E-state index is -5.00.